The van der Waals surface area contributed by atoms with Crippen LogP contribution < -0.4 is 5.32 Å². The maximum absolute atomic E-state index is 12.2. The number of likely N-dealkylation sites (N-methyl/N-ethyl adjacent to an activating group) is 1. The maximum Gasteiger partial charge on any atom is 0.241 e. The summed E-state index contributed by atoms with van der Waals surface area (Å²) in [6.45, 7) is 11.5. The van der Waals surface area contributed by atoms with Crippen LogP contribution in [-0.4, -0.2) is 55.0 Å². The fourth-order valence-electron chi connectivity index (χ4n) is 2.54. The minimum atomic E-state index is 0.196. The highest BCUT2D eigenvalue weighted by atomic mass is 16.2. The molecule has 4 heteroatoms. The predicted molar refractivity (Wildman–Crippen MR) is 83.1 cm³/mol. The number of piperazine rings is 1. The van der Waals surface area contributed by atoms with E-state index in [1.54, 1.807) is 0 Å². The lowest BCUT2D eigenvalue weighted by Gasteiger charge is -2.34. The first-order chi connectivity index (χ1) is 9.61. The van der Waals surface area contributed by atoms with Crippen LogP contribution in [-0.2, 0) is 4.79 Å². The molecule has 0 atom stereocenters. The lowest BCUT2D eigenvalue weighted by atomic mass is 10.1. The molecule has 1 amide bonds. The summed E-state index contributed by atoms with van der Waals surface area (Å²) in [5.41, 5.74) is 3.53. The standard InChI is InChI=1S/C16H25N3O/c1-4-18-8-10-19(11-9-18)16(20)12-17-15-7-5-6-13(2)14(15)3/h5-7,17H,4,8-12H2,1-3H3. The zero-order valence-electron chi connectivity index (χ0n) is 12.8. The van der Waals surface area contributed by atoms with Crippen molar-refractivity contribution < 1.29 is 4.79 Å². The average Bonchev–Trinajstić information content (AvgIpc) is 2.48. The van der Waals surface area contributed by atoms with Crippen LogP contribution in [0.15, 0.2) is 18.2 Å². The molecular weight excluding hydrogens is 250 g/mol. The molecule has 0 bridgehead atoms. The van der Waals surface area contributed by atoms with E-state index in [0.29, 0.717) is 6.54 Å². The summed E-state index contributed by atoms with van der Waals surface area (Å²) in [5.74, 6) is 0.196. The molecule has 2 rings (SSSR count). The van der Waals surface area contributed by atoms with Crippen molar-refractivity contribution in [3.8, 4) is 0 Å². The molecule has 4 nitrogen and oxygen atoms in total. The highest BCUT2D eigenvalue weighted by molar-refractivity contribution is 5.81. The van der Waals surface area contributed by atoms with Gasteiger partial charge in [0.25, 0.3) is 0 Å². The van der Waals surface area contributed by atoms with E-state index in [-0.39, 0.29) is 5.91 Å². The van der Waals surface area contributed by atoms with E-state index >= 15 is 0 Å². The molecule has 0 saturated carbocycles. The van der Waals surface area contributed by atoms with E-state index < -0.39 is 0 Å². The first-order valence-electron chi connectivity index (χ1n) is 7.42. The molecule has 1 heterocycles. The molecule has 1 aliphatic heterocycles. The van der Waals surface area contributed by atoms with Crippen LogP contribution in [0.2, 0.25) is 0 Å². The second-order valence-corrected chi connectivity index (χ2v) is 5.42. The quantitative estimate of drug-likeness (QED) is 0.911. The fourth-order valence-corrected chi connectivity index (χ4v) is 2.54. The fraction of sp³-hybridized carbons (Fsp3) is 0.562. The Bertz CT molecular complexity index is 465. The highest BCUT2D eigenvalue weighted by Crippen LogP contribution is 2.17. The van der Waals surface area contributed by atoms with Crippen LogP contribution in [0.25, 0.3) is 0 Å². The third kappa shape index (κ3) is 3.51. The molecule has 20 heavy (non-hydrogen) atoms. The number of carbonyl (C=O) groups excluding carboxylic acids is 1. The van der Waals surface area contributed by atoms with Crippen LogP contribution in [0.3, 0.4) is 0 Å². The minimum absolute atomic E-state index is 0.196. The predicted octanol–water partition coefficient (Wildman–Crippen LogP) is 1.88. The topological polar surface area (TPSA) is 35.6 Å². The molecule has 0 spiro atoms. The Hall–Kier alpha value is -1.55. The van der Waals surface area contributed by atoms with Gasteiger partial charge in [-0.3, -0.25) is 4.79 Å². The number of anilines is 1. The third-order valence-corrected chi connectivity index (χ3v) is 4.21. The summed E-state index contributed by atoms with van der Waals surface area (Å²) in [4.78, 5) is 16.5. The summed E-state index contributed by atoms with van der Waals surface area (Å²) >= 11 is 0. The number of nitrogens with zero attached hydrogens (tertiary/aromatic N) is 2. The van der Waals surface area contributed by atoms with Gasteiger partial charge in [-0.1, -0.05) is 19.1 Å². The van der Waals surface area contributed by atoms with E-state index in [9.17, 15) is 4.79 Å². The summed E-state index contributed by atoms with van der Waals surface area (Å²) in [6.07, 6.45) is 0. The smallest absolute Gasteiger partial charge is 0.241 e. The van der Waals surface area contributed by atoms with Crippen molar-refractivity contribution in [1.29, 1.82) is 0 Å². The lowest BCUT2D eigenvalue weighted by Crippen LogP contribution is -2.49. The van der Waals surface area contributed by atoms with E-state index in [4.69, 9.17) is 0 Å². The molecule has 0 unspecified atom stereocenters. The Morgan fingerprint density at radius 3 is 2.55 bits per heavy atom. The zero-order chi connectivity index (χ0) is 14.5. The normalized spacial score (nSPS) is 16.2. The summed E-state index contributed by atoms with van der Waals surface area (Å²) in [6, 6.07) is 6.14. The second kappa shape index (κ2) is 6.75. The van der Waals surface area contributed by atoms with Crippen molar-refractivity contribution in [2.45, 2.75) is 20.8 Å². The first-order valence-corrected chi connectivity index (χ1v) is 7.42. The Labute approximate surface area is 121 Å². The van der Waals surface area contributed by atoms with E-state index in [0.717, 1.165) is 38.4 Å². The SMILES string of the molecule is CCN1CCN(C(=O)CNc2cccc(C)c2C)CC1. The van der Waals surface area contributed by atoms with Crippen molar-refractivity contribution in [2.24, 2.45) is 0 Å². The van der Waals surface area contributed by atoms with E-state index in [1.807, 2.05) is 17.0 Å². The number of hydrogen-bond donors (Lipinski definition) is 1. The van der Waals surface area contributed by atoms with Gasteiger partial charge < -0.3 is 15.1 Å². The second-order valence-electron chi connectivity index (χ2n) is 5.42. The van der Waals surface area contributed by atoms with Crippen LogP contribution in [0.4, 0.5) is 5.69 Å². The number of benzene rings is 1. The van der Waals surface area contributed by atoms with Crippen LogP contribution in [0.1, 0.15) is 18.1 Å². The molecule has 1 saturated heterocycles. The van der Waals surface area contributed by atoms with Gasteiger partial charge in [0, 0.05) is 31.9 Å². The monoisotopic (exact) mass is 275 g/mol. The molecule has 110 valence electrons. The summed E-state index contributed by atoms with van der Waals surface area (Å²) in [5, 5.41) is 3.27. The van der Waals surface area contributed by atoms with Gasteiger partial charge in [-0.25, -0.2) is 0 Å². The molecule has 1 aliphatic rings. The van der Waals surface area contributed by atoms with Crippen LogP contribution in [0, 0.1) is 13.8 Å². The lowest BCUT2D eigenvalue weighted by molar-refractivity contribution is -0.131. The molecular formula is C16H25N3O. The van der Waals surface area contributed by atoms with E-state index in [1.165, 1.54) is 11.1 Å². The highest BCUT2D eigenvalue weighted by Gasteiger charge is 2.19. The maximum atomic E-state index is 12.2. The molecule has 1 aromatic rings. The van der Waals surface area contributed by atoms with Crippen LogP contribution >= 0.6 is 0 Å². The number of hydrogen-bond acceptors (Lipinski definition) is 3. The Morgan fingerprint density at radius 1 is 1.20 bits per heavy atom. The molecule has 1 fully saturated rings. The molecule has 0 aliphatic carbocycles. The van der Waals surface area contributed by atoms with Crippen molar-refractivity contribution in [3.63, 3.8) is 0 Å². The minimum Gasteiger partial charge on any atom is -0.376 e. The van der Waals surface area contributed by atoms with Crippen molar-refractivity contribution >= 4 is 11.6 Å². The van der Waals surface area contributed by atoms with Gasteiger partial charge in [0.15, 0.2) is 0 Å². The van der Waals surface area contributed by atoms with Gasteiger partial charge in [0.1, 0.15) is 0 Å². The number of rotatable bonds is 4. The van der Waals surface area contributed by atoms with Gasteiger partial charge in [-0.2, -0.15) is 0 Å². The van der Waals surface area contributed by atoms with Gasteiger partial charge in [-0.15, -0.1) is 0 Å². The molecule has 0 aromatic heterocycles. The number of aryl methyl sites for hydroxylation is 1. The molecule has 1 aromatic carbocycles. The average molecular weight is 275 g/mol. The summed E-state index contributed by atoms with van der Waals surface area (Å²) in [7, 11) is 0. The third-order valence-electron chi connectivity index (χ3n) is 4.21. The zero-order valence-corrected chi connectivity index (χ0v) is 12.8. The van der Waals surface area contributed by atoms with Gasteiger partial charge in [0.2, 0.25) is 5.91 Å². The van der Waals surface area contributed by atoms with Gasteiger partial charge in [0.05, 0.1) is 6.54 Å². The van der Waals surface area contributed by atoms with Crippen molar-refractivity contribution in [3.05, 3.63) is 29.3 Å². The van der Waals surface area contributed by atoms with Gasteiger partial charge in [-0.05, 0) is 37.6 Å². The largest absolute Gasteiger partial charge is 0.376 e. The Balaban J connectivity index is 1.85. The van der Waals surface area contributed by atoms with Gasteiger partial charge >= 0.3 is 0 Å². The Kier molecular flexibility index (Phi) is 5.01. The molecule has 0 radical (unpaired) electrons. The van der Waals surface area contributed by atoms with Crippen molar-refractivity contribution in [1.82, 2.24) is 9.80 Å². The number of nitrogens with one attached hydrogen (secondary N) is 1. The summed E-state index contributed by atoms with van der Waals surface area (Å²) < 4.78 is 0. The first kappa shape index (κ1) is 14.9. The Morgan fingerprint density at radius 2 is 1.90 bits per heavy atom. The number of carbonyl (C=O) groups is 1. The molecule has 1 N–H and O–H groups in total. The van der Waals surface area contributed by atoms with E-state index in [2.05, 4.69) is 37.1 Å². The van der Waals surface area contributed by atoms with Crippen molar-refractivity contribution in [2.75, 3.05) is 44.6 Å². The number of amides is 1. The van der Waals surface area contributed by atoms with Crippen LogP contribution in [0.5, 0.6) is 0 Å².